The molecule has 3 rings (SSSR count). The number of nitrogens with zero attached hydrogens (tertiary/aromatic N) is 6. The van der Waals surface area contributed by atoms with Crippen molar-refractivity contribution in [2.45, 2.75) is 6.92 Å². The van der Waals surface area contributed by atoms with Crippen LogP contribution in [0, 0.1) is 18.2 Å². The minimum absolute atomic E-state index is 0.206. The van der Waals surface area contributed by atoms with E-state index in [1.807, 2.05) is 30.3 Å². The van der Waals surface area contributed by atoms with E-state index in [1.54, 1.807) is 6.92 Å². The van der Waals surface area contributed by atoms with E-state index in [2.05, 4.69) is 45.4 Å². The van der Waals surface area contributed by atoms with Gasteiger partial charge in [0, 0.05) is 22.3 Å². The van der Waals surface area contributed by atoms with Crippen LogP contribution in [0.4, 0.5) is 16.6 Å². The fourth-order valence-electron chi connectivity index (χ4n) is 1.89. The van der Waals surface area contributed by atoms with Gasteiger partial charge in [-0.05, 0) is 6.92 Å². The molecule has 0 bridgehead atoms. The summed E-state index contributed by atoms with van der Waals surface area (Å²) >= 11 is 1.69. The summed E-state index contributed by atoms with van der Waals surface area (Å²) in [6, 6.07) is 12.2. The third kappa shape index (κ3) is 4.23. The number of azo groups is 1. The smallest absolute Gasteiger partial charge is 0.249 e. The number of aromatic nitrogens is 4. The zero-order valence-corrected chi connectivity index (χ0v) is 14.9. The zero-order chi connectivity index (χ0) is 18.4. The van der Waals surface area contributed by atoms with E-state index < -0.39 is 0 Å². The molecular formula is C14H11N7O3S2. The predicted molar refractivity (Wildman–Crippen MR) is 96.5 cm³/mol. The van der Waals surface area contributed by atoms with Crippen molar-refractivity contribution in [3.05, 3.63) is 36.0 Å². The Bertz CT molecular complexity index is 976. The van der Waals surface area contributed by atoms with Crippen molar-refractivity contribution < 1.29 is 14.6 Å². The molecule has 10 nitrogen and oxygen atoms in total. The largest absolute Gasteiger partial charge is 0.381 e. The van der Waals surface area contributed by atoms with Crippen molar-refractivity contribution in [3.8, 4) is 22.7 Å². The van der Waals surface area contributed by atoms with Crippen molar-refractivity contribution in [2.75, 3.05) is 5.73 Å². The van der Waals surface area contributed by atoms with Gasteiger partial charge in [0.15, 0.2) is 17.3 Å². The third-order valence-corrected chi connectivity index (χ3v) is 3.91. The number of nitrogen functional groups attached to an aromatic ring is 1. The monoisotopic (exact) mass is 389 g/mol. The van der Waals surface area contributed by atoms with Gasteiger partial charge in [-0.2, -0.15) is 19.1 Å². The van der Waals surface area contributed by atoms with Gasteiger partial charge in [-0.3, -0.25) is 0 Å². The summed E-state index contributed by atoms with van der Waals surface area (Å²) in [6.45, 7) is 1.72. The maximum Gasteiger partial charge on any atom is 0.249 e. The lowest BCUT2D eigenvalue weighted by molar-refractivity contribution is -0.431. The molecule has 12 heteroatoms. The van der Waals surface area contributed by atoms with E-state index >= 15 is 0 Å². The average molecular weight is 389 g/mol. The van der Waals surface area contributed by atoms with Crippen LogP contribution >= 0.6 is 23.6 Å². The molecule has 2 heterocycles. The van der Waals surface area contributed by atoms with Gasteiger partial charge in [-0.1, -0.05) is 35.4 Å². The molecule has 0 fully saturated rings. The molecule has 2 aromatic heterocycles. The summed E-state index contributed by atoms with van der Waals surface area (Å²) in [4.78, 5) is 4.33. The Morgan fingerprint density at radius 3 is 2.88 bits per heavy atom. The van der Waals surface area contributed by atoms with Crippen LogP contribution in [-0.2, 0) is 9.37 Å². The highest BCUT2D eigenvalue weighted by Crippen LogP contribution is 2.29. The Kier molecular flexibility index (Phi) is 5.89. The Balaban J connectivity index is 1.77. The van der Waals surface area contributed by atoms with Crippen molar-refractivity contribution in [3.63, 3.8) is 0 Å². The van der Waals surface area contributed by atoms with Crippen molar-refractivity contribution in [1.29, 1.82) is 0 Å². The SMILES string of the molecule is Cc1nn(C#CSOOO)c(N)c1N=Nc1nc(-c2ccccc2)ns1. The van der Waals surface area contributed by atoms with Crippen molar-refractivity contribution in [1.82, 2.24) is 19.1 Å². The van der Waals surface area contributed by atoms with Gasteiger partial charge in [0.05, 0.1) is 11.7 Å². The highest BCUT2D eigenvalue weighted by molar-refractivity contribution is 7.99. The molecule has 0 saturated heterocycles. The summed E-state index contributed by atoms with van der Waals surface area (Å²) in [7, 11) is 0. The first-order chi connectivity index (χ1) is 12.7. The van der Waals surface area contributed by atoms with Gasteiger partial charge in [0.25, 0.3) is 0 Å². The van der Waals surface area contributed by atoms with Crippen LogP contribution in [0.15, 0.2) is 40.6 Å². The van der Waals surface area contributed by atoms with Gasteiger partial charge in [0.2, 0.25) is 5.13 Å². The predicted octanol–water partition coefficient (Wildman–Crippen LogP) is 3.54. The average Bonchev–Trinajstić information content (AvgIpc) is 3.23. The number of rotatable bonds is 5. The molecule has 132 valence electrons. The lowest BCUT2D eigenvalue weighted by atomic mass is 10.2. The maximum atomic E-state index is 8.02. The first kappa shape index (κ1) is 18.0. The lowest BCUT2D eigenvalue weighted by Crippen LogP contribution is -1.97. The second kappa shape index (κ2) is 8.52. The van der Waals surface area contributed by atoms with E-state index in [0.717, 1.165) is 17.1 Å². The zero-order valence-electron chi connectivity index (χ0n) is 13.2. The first-order valence-corrected chi connectivity index (χ1v) is 8.51. The Labute approximate surface area is 155 Å². The molecular weight excluding hydrogens is 378 g/mol. The molecule has 0 atom stereocenters. The standard InChI is InChI=1S/C14H11N7O3S2/c1-9-11(12(15)21(19-9)7-8-25-24-23-22)17-18-14-16-13(20-26-14)10-5-3-2-4-6-10/h2-6,22H,15H2,1H3. The molecule has 0 spiro atoms. The van der Waals surface area contributed by atoms with E-state index in [1.165, 1.54) is 4.68 Å². The van der Waals surface area contributed by atoms with Crippen LogP contribution in [0.1, 0.15) is 5.69 Å². The topological polar surface area (TPSA) is 133 Å². The van der Waals surface area contributed by atoms with Crippen molar-refractivity contribution >= 4 is 40.2 Å². The highest BCUT2D eigenvalue weighted by Gasteiger charge is 2.12. The molecule has 0 aliphatic heterocycles. The summed E-state index contributed by atoms with van der Waals surface area (Å²) in [5.74, 6) is 0.788. The Morgan fingerprint density at radius 2 is 2.12 bits per heavy atom. The maximum absolute atomic E-state index is 8.02. The number of nitrogens with two attached hydrogens (primary N) is 1. The van der Waals surface area contributed by atoms with Crippen LogP contribution in [-0.4, -0.2) is 24.4 Å². The van der Waals surface area contributed by atoms with Crippen LogP contribution in [0.2, 0.25) is 0 Å². The Morgan fingerprint density at radius 1 is 1.31 bits per heavy atom. The molecule has 0 aliphatic rings. The number of anilines is 1. The minimum atomic E-state index is 0.206. The summed E-state index contributed by atoms with van der Waals surface area (Å²) < 4.78 is 9.61. The summed E-state index contributed by atoms with van der Waals surface area (Å²) in [6.07, 6.45) is 0. The fourth-order valence-corrected chi connectivity index (χ4v) is 2.60. The van der Waals surface area contributed by atoms with Gasteiger partial charge in [0.1, 0.15) is 12.0 Å². The van der Waals surface area contributed by atoms with Gasteiger partial charge < -0.3 is 5.73 Å². The Hall–Kier alpha value is -2.82. The van der Waals surface area contributed by atoms with Crippen LogP contribution in [0.25, 0.3) is 11.4 Å². The van der Waals surface area contributed by atoms with E-state index in [-0.39, 0.29) is 5.82 Å². The second-order valence-electron chi connectivity index (χ2n) is 4.64. The third-order valence-electron chi connectivity index (χ3n) is 3.00. The summed E-state index contributed by atoms with van der Waals surface area (Å²) in [5.41, 5.74) is 7.77. The van der Waals surface area contributed by atoms with Crippen LogP contribution in [0.5, 0.6) is 0 Å². The molecule has 0 radical (unpaired) electrons. The quantitative estimate of drug-likeness (QED) is 0.169. The van der Waals surface area contributed by atoms with Crippen molar-refractivity contribution in [2.24, 2.45) is 10.2 Å². The molecule has 0 unspecified atom stereocenters. The number of hydrogen-bond acceptors (Lipinski definition) is 11. The lowest BCUT2D eigenvalue weighted by Gasteiger charge is -1.92. The first-order valence-electron chi connectivity index (χ1n) is 6.99. The number of benzene rings is 1. The van der Waals surface area contributed by atoms with E-state index in [0.29, 0.717) is 34.4 Å². The molecule has 0 amide bonds. The molecule has 1 aromatic carbocycles. The molecule has 0 saturated carbocycles. The highest BCUT2D eigenvalue weighted by atomic mass is 32.2. The van der Waals surface area contributed by atoms with E-state index in [4.69, 9.17) is 11.0 Å². The fraction of sp³-hybridized carbons (Fsp3) is 0.0714. The van der Waals surface area contributed by atoms with Gasteiger partial charge in [-0.15, -0.1) is 14.6 Å². The minimum Gasteiger partial charge on any atom is -0.381 e. The molecule has 3 aromatic rings. The van der Waals surface area contributed by atoms with Gasteiger partial charge >= 0.3 is 0 Å². The number of hydrogen-bond donors (Lipinski definition) is 2. The van der Waals surface area contributed by atoms with Crippen LogP contribution in [0.3, 0.4) is 0 Å². The normalized spacial score (nSPS) is 10.8. The van der Waals surface area contributed by atoms with Gasteiger partial charge in [-0.25, -0.2) is 5.26 Å². The van der Waals surface area contributed by atoms with Crippen LogP contribution < -0.4 is 5.73 Å². The molecule has 26 heavy (non-hydrogen) atoms. The van der Waals surface area contributed by atoms with E-state index in [9.17, 15) is 0 Å². The second-order valence-corrected chi connectivity index (χ2v) is 5.87. The summed E-state index contributed by atoms with van der Waals surface area (Å²) in [5, 5.41) is 26.6. The number of aryl methyl sites for hydroxylation is 1. The molecule has 3 N–H and O–H groups in total. The molecule has 0 aliphatic carbocycles.